The predicted molar refractivity (Wildman–Crippen MR) is 52.9 cm³/mol. The number of rotatable bonds is 1. The second kappa shape index (κ2) is 3.47. The van der Waals surface area contributed by atoms with Crippen LogP contribution in [0, 0.1) is 17.8 Å². The van der Waals surface area contributed by atoms with Crippen molar-refractivity contribution in [3.8, 4) is 0 Å². The highest BCUT2D eigenvalue weighted by molar-refractivity contribution is 5.07. The number of fused-ring (bicyclic) bond motifs is 1. The lowest BCUT2D eigenvalue weighted by Crippen LogP contribution is -2.23. The Morgan fingerprint density at radius 1 is 1.17 bits per heavy atom. The molecule has 0 bridgehead atoms. The summed E-state index contributed by atoms with van der Waals surface area (Å²) < 4.78 is 0. The third-order valence-corrected chi connectivity index (χ3v) is 3.45. The van der Waals surface area contributed by atoms with E-state index in [1.807, 2.05) is 0 Å². The van der Waals surface area contributed by atoms with Gasteiger partial charge in [-0.1, -0.05) is 31.1 Å². The molecule has 2 rings (SSSR count). The van der Waals surface area contributed by atoms with Crippen LogP contribution in [0.5, 0.6) is 0 Å². The Labute approximate surface area is 75.4 Å². The summed E-state index contributed by atoms with van der Waals surface area (Å²) in [6.07, 6.45) is 14.1. The van der Waals surface area contributed by atoms with E-state index in [9.17, 15) is 0 Å². The fraction of sp³-hybridized carbons (Fsp3) is 0.667. The van der Waals surface area contributed by atoms with Crippen LogP contribution in [0.1, 0.15) is 32.1 Å². The molecule has 66 valence electrons. The summed E-state index contributed by atoms with van der Waals surface area (Å²) in [5.41, 5.74) is 0. The van der Waals surface area contributed by atoms with Gasteiger partial charge in [0.25, 0.3) is 0 Å². The highest BCUT2D eigenvalue weighted by Crippen LogP contribution is 2.38. The highest BCUT2D eigenvalue weighted by Gasteiger charge is 2.27. The van der Waals surface area contributed by atoms with Gasteiger partial charge in [0.1, 0.15) is 0 Å². The Morgan fingerprint density at radius 2 is 2.00 bits per heavy atom. The molecular weight excluding hydrogens is 144 g/mol. The van der Waals surface area contributed by atoms with Gasteiger partial charge in [-0.3, -0.25) is 0 Å². The maximum Gasteiger partial charge on any atom is -0.00532 e. The molecule has 0 aliphatic heterocycles. The van der Waals surface area contributed by atoms with Crippen molar-refractivity contribution in [3.63, 3.8) is 0 Å². The second-order valence-electron chi connectivity index (χ2n) is 4.23. The fourth-order valence-corrected chi connectivity index (χ4v) is 2.67. The van der Waals surface area contributed by atoms with Crippen LogP contribution in [0.25, 0.3) is 0 Å². The lowest BCUT2D eigenvalue weighted by atomic mass is 9.71. The second-order valence-corrected chi connectivity index (χ2v) is 4.23. The predicted octanol–water partition coefficient (Wildman–Crippen LogP) is 3.55. The zero-order valence-corrected chi connectivity index (χ0v) is 7.71. The van der Waals surface area contributed by atoms with Crippen molar-refractivity contribution in [3.05, 3.63) is 24.8 Å². The summed E-state index contributed by atoms with van der Waals surface area (Å²) in [7, 11) is 0. The van der Waals surface area contributed by atoms with Crippen LogP contribution in [-0.2, 0) is 0 Å². The van der Waals surface area contributed by atoms with Crippen molar-refractivity contribution in [2.24, 2.45) is 17.8 Å². The molecule has 1 saturated carbocycles. The fourth-order valence-electron chi connectivity index (χ4n) is 2.67. The third-order valence-electron chi connectivity index (χ3n) is 3.45. The molecular formula is C12H18. The van der Waals surface area contributed by atoms with Crippen molar-refractivity contribution in [1.29, 1.82) is 0 Å². The highest BCUT2D eigenvalue weighted by atomic mass is 14.3. The third kappa shape index (κ3) is 1.48. The summed E-state index contributed by atoms with van der Waals surface area (Å²) >= 11 is 0. The molecule has 0 spiro atoms. The van der Waals surface area contributed by atoms with Crippen molar-refractivity contribution >= 4 is 0 Å². The molecule has 2 aliphatic rings. The van der Waals surface area contributed by atoms with E-state index in [1.54, 1.807) is 0 Å². The zero-order chi connectivity index (χ0) is 8.39. The van der Waals surface area contributed by atoms with Crippen molar-refractivity contribution in [2.75, 3.05) is 0 Å². The molecule has 0 aromatic rings. The molecule has 0 radical (unpaired) electrons. The number of hydrogen-bond acceptors (Lipinski definition) is 0. The van der Waals surface area contributed by atoms with Gasteiger partial charge in [-0.25, -0.2) is 0 Å². The average Bonchev–Trinajstić information content (AvgIpc) is 2.17. The van der Waals surface area contributed by atoms with Crippen LogP contribution in [0.3, 0.4) is 0 Å². The van der Waals surface area contributed by atoms with Gasteiger partial charge in [-0.2, -0.15) is 0 Å². The molecule has 0 saturated heterocycles. The molecule has 0 heterocycles. The number of hydrogen-bond donors (Lipinski definition) is 0. The first-order valence-electron chi connectivity index (χ1n) is 5.21. The topological polar surface area (TPSA) is 0 Å². The van der Waals surface area contributed by atoms with Gasteiger partial charge in [0.2, 0.25) is 0 Å². The van der Waals surface area contributed by atoms with Crippen molar-refractivity contribution in [2.45, 2.75) is 32.1 Å². The van der Waals surface area contributed by atoms with Gasteiger partial charge in [-0.05, 0) is 37.0 Å². The molecule has 3 atom stereocenters. The number of allylic oxidation sites excluding steroid dienone is 3. The minimum atomic E-state index is 0.671. The smallest absolute Gasteiger partial charge is 0.00532 e. The van der Waals surface area contributed by atoms with Crippen LogP contribution >= 0.6 is 0 Å². The summed E-state index contributed by atoms with van der Waals surface area (Å²) in [5, 5.41) is 0. The molecule has 1 fully saturated rings. The average molecular weight is 162 g/mol. The summed E-state index contributed by atoms with van der Waals surface area (Å²) in [6, 6.07) is 0. The van der Waals surface area contributed by atoms with Crippen LogP contribution in [0.4, 0.5) is 0 Å². The van der Waals surface area contributed by atoms with Crippen molar-refractivity contribution < 1.29 is 0 Å². The van der Waals surface area contributed by atoms with E-state index in [0.29, 0.717) is 5.92 Å². The molecule has 0 amide bonds. The summed E-state index contributed by atoms with van der Waals surface area (Å²) in [4.78, 5) is 0. The minimum Gasteiger partial charge on any atom is -0.102 e. The van der Waals surface area contributed by atoms with E-state index in [0.717, 1.165) is 11.8 Å². The van der Waals surface area contributed by atoms with Gasteiger partial charge >= 0.3 is 0 Å². The van der Waals surface area contributed by atoms with Crippen molar-refractivity contribution in [1.82, 2.24) is 0 Å². The van der Waals surface area contributed by atoms with Crippen LogP contribution in [-0.4, -0.2) is 0 Å². The van der Waals surface area contributed by atoms with E-state index in [1.165, 1.54) is 32.1 Å². The first kappa shape index (κ1) is 8.10. The van der Waals surface area contributed by atoms with Gasteiger partial charge in [-0.15, -0.1) is 6.58 Å². The zero-order valence-electron chi connectivity index (χ0n) is 7.71. The van der Waals surface area contributed by atoms with E-state index >= 15 is 0 Å². The first-order valence-corrected chi connectivity index (χ1v) is 5.21. The normalized spacial score (nSPS) is 40.5. The maximum atomic E-state index is 3.87. The van der Waals surface area contributed by atoms with Gasteiger partial charge in [0.15, 0.2) is 0 Å². The molecule has 3 unspecified atom stereocenters. The molecule has 12 heavy (non-hydrogen) atoms. The Bertz CT molecular complexity index is 190. The Kier molecular flexibility index (Phi) is 2.34. The largest absolute Gasteiger partial charge is 0.102 e. The van der Waals surface area contributed by atoms with Crippen LogP contribution < -0.4 is 0 Å². The monoisotopic (exact) mass is 162 g/mol. The van der Waals surface area contributed by atoms with E-state index in [2.05, 4.69) is 24.8 Å². The first-order chi connectivity index (χ1) is 5.90. The standard InChI is InChI=1S/C12H18/c1-2-10-7-8-11-5-3-4-6-12(11)9-10/h2,7-8,10-12H,1,3-6,9H2. The van der Waals surface area contributed by atoms with Crippen LogP contribution in [0.15, 0.2) is 24.8 Å². The van der Waals surface area contributed by atoms with Gasteiger partial charge < -0.3 is 0 Å². The lowest BCUT2D eigenvalue weighted by Gasteiger charge is -2.34. The van der Waals surface area contributed by atoms with E-state index < -0.39 is 0 Å². The van der Waals surface area contributed by atoms with E-state index in [-0.39, 0.29) is 0 Å². The molecule has 0 heteroatoms. The SMILES string of the molecule is C=CC1C=CC2CCCCC2C1. The molecule has 0 aromatic carbocycles. The molecule has 2 aliphatic carbocycles. The van der Waals surface area contributed by atoms with Crippen LogP contribution in [0.2, 0.25) is 0 Å². The van der Waals surface area contributed by atoms with Gasteiger partial charge in [0.05, 0.1) is 0 Å². The quantitative estimate of drug-likeness (QED) is 0.517. The Morgan fingerprint density at radius 3 is 2.83 bits per heavy atom. The molecule has 0 nitrogen and oxygen atoms in total. The van der Waals surface area contributed by atoms with Gasteiger partial charge in [0, 0.05) is 0 Å². The maximum absolute atomic E-state index is 3.87. The minimum absolute atomic E-state index is 0.671. The summed E-state index contributed by atoms with van der Waals surface area (Å²) in [6.45, 7) is 3.87. The summed E-state index contributed by atoms with van der Waals surface area (Å²) in [5.74, 6) is 2.56. The van der Waals surface area contributed by atoms with E-state index in [4.69, 9.17) is 0 Å². The molecule has 0 aromatic heterocycles. The Balaban J connectivity index is 2.05. The Hall–Kier alpha value is -0.520. The lowest BCUT2D eigenvalue weighted by molar-refractivity contribution is 0.243. The molecule has 0 N–H and O–H groups in total.